The molecule has 3 rings (SSSR count). The van der Waals surface area contributed by atoms with Crippen LogP contribution in [0.3, 0.4) is 0 Å². The molecular weight excluding hydrogens is 354 g/mol. The van der Waals surface area contributed by atoms with Crippen molar-refractivity contribution in [1.29, 1.82) is 0 Å². The smallest absolute Gasteiger partial charge is 0.101 e. The van der Waals surface area contributed by atoms with Gasteiger partial charge in [-0.05, 0) is 23.3 Å². The lowest BCUT2D eigenvalue weighted by molar-refractivity contribution is -0.909. The Morgan fingerprint density at radius 2 is 1.61 bits per heavy atom. The zero-order valence-electron chi connectivity index (χ0n) is 13.1. The van der Waals surface area contributed by atoms with Crippen molar-refractivity contribution >= 4 is 15.9 Å². The Bertz CT molecular complexity index is 597. The molecule has 0 aliphatic carbocycles. The largest absolute Gasteiger partial charge is 0.388 e. The van der Waals surface area contributed by atoms with Crippen molar-refractivity contribution in [2.24, 2.45) is 0 Å². The summed E-state index contributed by atoms with van der Waals surface area (Å²) in [5.41, 5.74) is 2.16. The maximum absolute atomic E-state index is 11.0. The summed E-state index contributed by atoms with van der Waals surface area (Å²) in [6.07, 6.45) is -0.499. The van der Waals surface area contributed by atoms with E-state index >= 15 is 0 Å². The molecule has 122 valence electrons. The lowest BCUT2D eigenvalue weighted by Gasteiger charge is -2.30. The molecule has 4 heteroatoms. The van der Waals surface area contributed by atoms with E-state index < -0.39 is 6.10 Å². The summed E-state index contributed by atoms with van der Waals surface area (Å²) >= 11 is 3.46. The third kappa shape index (κ3) is 4.42. The van der Waals surface area contributed by atoms with Gasteiger partial charge in [-0.25, -0.2) is 0 Å². The van der Waals surface area contributed by atoms with Crippen LogP contribution in [0.2, 0.25) is 0 Å². The second-order valence-electron chi connectivity index (χ2n) is 6.08. The van der Waals surface area contributed by atoms with Gasteiger partial charge in [-0.2, -0.15) is 0 Å². The van der Waals surface area contributed by atoms with Crippen molar-refractivity contribution < 1.29 is 14.7 Å². The standard InChI is InChI=1S/C19H22BrNO2/c20-17-8-6-16(7-9-17)19(22)18(15-4-2-1-3-5-15)14-21-10-12-23-13-11-21/h1-9,18-19,22H,10-14H2/p+1/t18-,19+/m1/s1. The molecule has 1 heterocycles. The fourth-order valence-corrected chi connectivity index (χ4v) is 3.44. The Labute approximate surface area is 146 Å². The van der Waals surface area contributed by atoms with Crippen LogP contribution < -0.4 is 4.90 Å². The number of aliphatic hydroxyl groups is 1. The second kappa shape index (κ2) is 8.06. The van der Waals surface area contributed by atoms with Crippen LogP contribution >= 0.6 is 15.9 Å². The number of hydrogen-bond donors (Lipinski definition) is 2. The van der Waals surface area contributed by atoms with Crippen LogP contribution in [0.1, 0.15) is 23.1 Å². The molecule has 23 heavy (non-hydrogen) atoms. The predicted octanol–water partition coefficient (Wildman–Crippen LogP) is 2.18. The molecule has 0 spiro atoms. The molecule has 1 aliphatic rings. The van der Waals surface area contributed by atoms with E-state index in [0.29, 0.717) is 0 Å². The Hall–Kier alpha value is -1.20. The predicted molar refractivity (Wildman–Crippen MR) is 94.7 cm³/mol. The molecule has 2 atom stereocenters. The molecule has 0 unspecified atom stereocenters. The van der Waals surface area contributed by atoms with E-state index in [-0.39, 0.29) is 5.92 Å². The fraction of sp³-hybridized carbons (Fsp3) is 0.368. The second-order valence-corrected chi connectivity index (χ2v) is 7.00. The molecule has 2 aromatic carbocycles. The number of quaternary nitrogens is 1. The minimum absolute atomic E-state index is 0.0884. The first-order valence-corrected chi connectivity index (χ1v) is 8.93. The van der Waals surface area contributed by atoms with Crippen molar-refractivity contribution in [3.63, 3.8) is 0 Å². The van der Waals surface area contributed by atoms with Gasteiger partial charge in [0, 0.05) is 4.47 Å². The molecule has 0 amide bonds. The number of nitrogens with one attached hydrogen (secondary N) is 1. The highest BCUT2D eigenvalue weighted by molar-refractivity contribution is 9.10. The Balaban J connectivity index is 1.83. The summed E-state index contributed by atoms with van der Waals surface area (Å²) in [6.45, 7) is 4.56. The summed E-state index contributed by atoms with van der Waals surface area (Å²) in [4.78, 5) is 1.50. The minimum Gasteiger partial charge on any atom is -0.388 e. The number of ether oxygens (including phenoxy) is 1. The summed E-state index contributed by atoms with van der Waals surface area (Å²) in [7, 11) is 0. The number of hydrogen-bond acceptors (Lipinski definition) is 2. The zero-order chi connectivity index (χ0) is 16.1. The van der Waals surface area contributed by atoms with Gasteiger partial charge in [0.2, 0.25) is 0 Å². The van der Waals surface area contributed by atoms with Gasteiger partial charge in [0.05, 0.1) is 31.8 Å². The zero-order valence-corrected chi connectivity index (χ0v) is 14.7. The number of morpholine rings is 1. The fourth-order valence-electron chi connectivity index (χ4n) is 3.18. The normalized spacial score (nSPS) is 18.5. The van der Waals surface area contributed by atoms with Gasteiger partial charge in [0.15, 0.2) is 0 Å². The van der Waals surface area contributed by atoms with E-state index in [9.17, 15) is 5.11 Å². The Kier molecular flexibility index (Phi) is 5.84. The van der Waals surface area contributed by atoms with Crippen LogP contribution in [0.25, 0.3) is 0 Å². The maximum Gasteiger partial charge on any atom is 0.101 e. The van der Waals surface area contributed by atoms with Crippen molar-refractivity contribution in [2.45, 2.75) is 12.0 Å². The van der Waals surface area contributed by atoms with Gasteiger partial charge in [0.25, 0.3) is 0 Å². The van der Waals surface area contributed by atoms with Crippen LogP contribution in [0.5, 0.6) is 0 Å². The molecule has 0 bridgehead atoms. The molecule has 3 nitrogen and oxygen atoms in total. The number of benzene rings is 2. The average molecular weight is 377 g/mol. The molecule has 1 fully saturated rings. The van der Waals surface area contributed by atoms with Crippen molar-refractivity contribution in [2.75, 3.05) is 32.8 Å². The minimum atomic E-state index is -0.499. The highest BCUT2D eigenvalue weighted by atomic mass is 79.9. The lowest BCUT2D eigenvalue weighted by atomic mass is 9.88. The summed E-state index contributed by atoms with van der Waals surface area (Å²) in [5, 5.41) is 11.0. The maximum atomic E-state index is 11.0. The Morgan fingerprint density at radius 1 is 0.957 bits per heavy atom. The molecule has 0 saturated carbocycles. The first kappa shape index (κ1) is 16.7. The van der Waals surface area contributed by atoms with Gasteiger partial charge in [-0.1, -0.05) is 58.4 Å². The Morgan fingerprint density at radius 3 is 2.26 bits per heavy atom. The van der Waals surface area contributed by atoms with Crippen molar-refractivity contribution in [3.8, 4) is 0 Å². The summed E-state index contributed by atoms with van der Waals surface area (Å²) < 4.78 is 6.49. The van der Waals surface area contributed by atoms with Gasteiger partial charge in [-0.15, -0.1) is 0 Å². The van der Waals surface area contributed by atoms with E-state index in [1.54, 1.807) is 0 Å². The van der Waals surface area contributed by atoms with Crippen molar-refractivity contribution in [1.82, 2.24) is 0 Å². The van der Waals surface area contributed by atoms with E-state index in [1.807, 2.05) is 42.5 Å². The van der Waals surface area contributed by atoms with E-state index in [0.717, 1.165) is 42.9 Å². The van der Waals surface area contributed by atoms with E-state index in [4.69, 9.17) is 4.74 Å². The lowest BCUT2D eigenvalue weighted by Crippen LogP contribution is -3.14. The summed E-state index contributed by atoms with van der Waals surface area (Å²) in [6, 6.07) is 18.3. The molecule has 2 N–H and O–H groups in total. The number of rotatable bonds is 5. The van der Waals surface area contributed by atoms with Gasteiger partial charge >= 0.3 is 0 Å². The van der Waals surface area contributed by atoms with Crippen LogP contribution in [0, 0.1) is 0 Å². The SMILES string of the molecule is O[C@@H](c1ccc(Br)cc1)[C@H](C[NH+]1CCOCC1)c1ccccc1. The monoisotopic (exact) mass is 376 g/mol. The number of halogens is 1. The topological polar surface area (TPSA) is 33.9 Å². The van der Waals surface area contributed by atoms with E-state index in [2.05, 4.69) is 28.1 Å². The van der Waals surface area contributed by atoms with Crippen LogP contribution in [0.15, 0.2) is 59.1 Å². The highest BCUT2D eigenvalue weighted by Crippen LogP contribution is 2.30. The molecule has 0 aromatic heterocycles. The van der Waals surface area contributed by atoms with Gasteiger partial charge in [-0.3, -0.25) is 0 Å². The first-order valence-electron chi connectivity index (χ1n) is 8.14. The van der Waals surface area contributed by atoms with Crippen LogP contribution in [-0.2, 0) is 4.74 Å². The number of aliphatic hydroxyl groups excluding tert-OH is 1. The molecule has 0 radical (unpaired) electrons. The molecule has 1 saturated heterocycles. The molecular formula is C19H23BrNO2+. The molecule has 2 aromatic rings. The van der Waals surface area contributed by atoms with Gasteiger partial charge in [0.1, 0.15) is 13.1 Å². The third-order valence-electron chi connectivity index (χ3n) is 4.53. The highest BCUT2D eigenvalue weighted by Gasteiger charge is 2.28. The summed E-state index contributed by atoms with van der Waals surface area (Å²) in [5.74, 6) is 0.0884. The third-order valence-corrected chi connectivity index (χ3v) is 5.06. The van der Waals surface area contributed by atoms with Crippen LogP contribution in [0.4, 0.5) is 0 Å². The first-order chi connectivity index (χ1) is 11.2. The quantitative estimate of drug-likeness (QED) is 0.838. The molecule has 1 aliphatic heterocycles. The average Bonchev–Trinajstić information content (AvgIpc) is 2.61. The van der Waals surface area contributed by atoms with Crippen LogP contribution in [-0.4, -0.2) is 38.0 Å². The van der Waals surface area contributed by atoms with Crippen molar-refractivity contribution in [3.05, 3.63) is 70.2 Å². The van der Waals surface area contributed by atoms with Gasteiger partial charge < -0.3 is 14.7 Å². The van der Waals surface area contributed by atoms with E-state index in [1.165, 1.54) is 10.5 Å².